The predicted molar refractivity (Wildman–Crippen MR) is 57.0 cm³/mol. The maximum atomic E-state index is 10.0. The van der Waals surface area contributed by atoms with Gasteiger partial charge in [0.05, 0.1) is 39.6 Å². The van der Waals surface area contributed by atoms with E-state index in [1.165, 1.54) is 0 Å². The van der Waals surface area contributed by atoms with E-state index in [9.17, 15) is 8.42 Å². The van der Waals surface area contributed by atoms with Gasteiger partial charge in [0.2, 0.25) is 0 Å². The van der Waals surface area contributed by atoms with Crippen LogP contribution in [0.25, 0.3) is 0 Å². The standard InChI is InChI=1S/C6H14O7S.Na.H2O.H/c7-1-2-11-3-4-12-5-6-13-14(8,9)10;;;/h7H,1-6H2,(H,8,9,10);;1H2;. The van der Waals surface area contributed by atoms with Crippen LogP contribution in [0.3, 0.4) is 0 Å². The Kier molecular flexibility index (Phi) is 18.9. The van der Waals surface area contributed by atoms with Gasteiger partial charge in [0.1, 0.15) is 0 Å². The third kappa shape index (κ3) is 20.2. The van der Waals surface area contributed by atoms with Gasteiger partial charge in [-0.1, -0.05) is 0 Å². The number of ether oxygens (including phenoxy) is 2. The molecule has 0 amide bonds. The van der Waals surface area contributed by atoms with E-state index < -0.39 is 10.4 Å². The van der Waals surface area contributed by atoms with Crippen molar-refractivity contribution in [2.24, 2.45) is 0 Å². The Bertz CT molecular complexity index is 219. The van der Waals surface area contributed by atoms with Gasteiger partial charge in [-0.3, -0.25) is 4.55 Å². The predicted octanol–water partition coefficient (Wildman–Crippen LogP) is -2.64. The van der Waals surface area contributed by atoms with Crippen LogP contribution in [-0.4, -0.2) is 92.8 Å². The van der Waals surface area contributed by atoms with E-state index in [-0.39, 0.29) is 68.1 Å². The summed E-state index contributed by atoms with van der Waals surface area (Å²) in [6.45, 7) is 0.582. The van der Waals surface area contributed by atoms with Crippen LogP contribution in [0.2, 0.25) is 0 Å². The van der Waals surface area contributed by atoms with E-state index in [1.807, 2.05) is 0 Å². The molecule has 0 rings (SSSR count). The molecule has 0 radical (unpaired) electrons. The summed E-state index contributed by atoms with van der Waals surface area (Å²) in [5.41, 5.74) is 0. The Hall–Kier alpha value is 0.710. The number of hydrogen-bond donors (Lipinski definition) is 2. The molecule has 0 spiro atoms. The normalized spacial score (nSPS) is 10.4. The number of rotatable bonds is 9. The molecule has 8 nitrogen and oxygen atoms in total. The van der Waals surface area contributed by atoms with Gasteiger partial charge in [-0.05, 0) is 0 Å². The third-order valence-electron chi connectivity index (χ3n) is 1.07. The van der Waals surface area contributed by atoms with Gasteiger partial charge in [0.25, 0.3) is 0 Å². The van der Waals surface area contributed by atoms with Gasteiger partial charge in [-0.2, -0.15) is 8.42 Å². The fourth-order valence-corrected chi connectivity index (χ4v) is 0.863. The van der Waals surface area contributed by atoms with Crippen LogP contribution in [-0.2, 0) is 24.1 Å². The Morgan fingerprint density at radius 1 is 0.938 bits per heavy atom. The second-order valence-corrected chi connectivity index (χ2v) is 3.29. The number of aliphatic hydroxyl groups excluding tert-OH is 1. The summed E-state index contributed by atoms with van der Waals surface area (Å²) in [5.74, 6) is 0. The van der Waals surface area contributed by atoms with Gasteiger partial charge in [-0.25, -0.2) is 4.18 Å². The van der Waals surface area contributed by atoms with E-state index in [0.717, 1.165) is 0 Å². The van der Waals surface area contributed by atoms with Crippen molar-refractivity contribution in [3.05, 3.63) is 0 Å². The zero-order valence-corrected chi connectivity index (χ0v) is 8.90. The molecule has 0 aliphatic rings. The van der Waals surface area contributed by atoms with Gasteiger partial charge in [0.15, 0.2) is 0 Å². The average molecular weight is 272 g/mol. The van der Waals surface area contributed by atoms with E-state index in [0.29, 0.717) is 6.61 Å². The van der Waals surface area contributed by atoms with Crippen molar-refractivity contribution in [2.45, 2.75) is 0 Å². The summed E-state index contributed by atoms with van der Waals surface area (Å²) >= 11 is 0. The first-order valence-electron chi connectivity index (χ1n) is 3.94. The van der Waals surface area contributed by atoms with E-state index in [2.05, 4.69) is 4.18 Å². The van der Waals surface area contributed by atoms with E-state index >= 15 is 0 Å². The summed E-state index contributed by atoms with van der Waals surface area (Å²) in [6, 6.07) is 0. The van der Waals surface area contributed by atoms with Crippen molar-refractivity contribution in [3.63, 3.8) is 0 Å². The van der Waals surface area contributed by atoms with Crippen LogP contribution in [0, 0.1) is 0 Å². The summed E-state index contributed by atoms with van der Waals surface area (Å²) in [6.07, 6.45) is 0. The molecule has 0 aromatic heterocycles. The molecule has 0 bridgehead atoms. The molecular weight excluding hydrogens is 255 g/mol. The van der Waals surface area contributed by atoms with Crippen LogP contribution in [0.5, 0.6) is 0 Å². The molecule has 0 aliphatic carbocycles. The van der Waals surface area contributed by atoms with Gasteiger partial charge in [-0.15, -0.1) is 0 Å². The van der Waals surface area contributed by atoms with Gasteiger partial charge in [0, 0.05) is 0 Å². The molecule has 10 heteroatoms. The summed E-state index contributed by atoms with van der Waals surface area (Å²) < 4.78 is 41.9. The first kappa shape index (κ1) is 21.9. The van der Waals surface area contributed by atoms with E-state index in [4.69, 9.17) is 19.1 Å². The van der Waals surface area contributed by atoms with Crippen molar-refractivity contribution in [3.8, 4) is 0 Å². The minimum absolute atomic E-state index is 0. The summed E-state index contributed by atoms with van der Waals surface area (Å²) in [4.78, 5) is 0. The average Bonchev–Trinajstić information content (AvgIpc) is 2.08. The molecule has 0 unspecified atom stereocenters. The molecule has 96 valence electrons. The molecule has 0 aromatic carbocycles. The second-order valence-electron chi connectivity index (χ2n) is 2.20. The van der Waals surface area contributed by atoms with Crippen LogP contribution in [0.4, 0.5) is 0 Å². The van der Waals surface area contributed by atoms with Crippen molar-refractivity contribution >= 4 is 40.0 Å². The van der Waals surface area contributed by atoms with Crippen molar-refractivity contribution < 1.29 is 37.2 Å². The molecule has 16 heavy (non-hydrogen) atoms. The van der Waals surface area contributed by atoms with Crippen LogP contribution >= 0.6 is 0 Å². The fraction of sp³-hybridized carbons (Fsp3) is 1.00. The van der Waals surface area contributed by atoms with Gasteiger partial charge >= 0.3 is 40.0 Å². The second kappa shape index (κ2) is 13.8. The molecule has 0 saturated carbocycles. The molecule has 0 heterocycles. The molecule has 0 fully saturated rings. The fourth-order valence-electron chi connectivity index (χ4n) is 0.585. The molecule has 0 aliphatic heterocycles. The maximum absolute atomic E-state index is 10.0. The van der Waals surface area contributed by atoms with Crippen LogP contribution < -0.4 is 0 Å². The first-order valence-corrected chi connectivity index (χ1v) is 5.31. The zero-order chi connectivity index (χ0) is 10.9. The molecular formula is C6H17NaO8S. The minimum atomic E-state index is -4.37. The SMILES string of the molecule is O.O=S(=O)(O)OCCOCCOCCO.[NaH]. The number of aliphatic hydroxyl groups is 1. The monoisotopic (exact) mass is 272 g/mol. The Labute approximate surface area is 116 Å². The quantitative estimate of drug-likeness (QED) is 0.266. The number of hydrogen-bond acceptors (Lipinski definition) is 6. The van der Waals surface area contributed by atoms with Crippen LogP contribution in [0.15, 0.2) is 0 Å². The summed E-state index contributed by atoms with van der Waals surface area (Å²) in [5, 5.41) is 8.32. The molecule has 4 N–H and O–H groups in total. The molecule has 0 aromatic rings. The van der Waals surface area contributed by atoms with Gasteiger partial charge < -0.3 is 20.1 Å². The van der Waals surface area contributed by atoms with Crippen molar-refractivity contribution in [1.29, 1.82) is 0 Å². The van der Waals surface area contributed by atoms with Crippen molar-refractivity contribution in [1.82, 2.24) is 0 Å². The van der Waals surface area contributed by atoms with Crippen molar-refractivity contribution in [2.75, 3.05) is 39.6 Å². The third-order valence-corrected chi connectivity index (χ3v) is 1.53. The van der Waals surface area contributed by atoms with E-state index in [1.54, 1.807) is 0 Å². The Morgan fingerprint density at radius 2 is 1.38 bits per heavy atom. The topological polar surface area (TPSA) is 134 Å². The summed E-state index contributed by atoms with van der Waals surface area (Å²) in [7, 11) is -4.37. The Morgan fingerprint density at radius 3 is 1.81 bits per heavy atom. The molecule has 0 atom stereocenters. The van der Waals surface area contributed by atoms with Crippen LogP contribution in [0.1, 0.15) is 0 Å². The first-order chi connectivity index (χ1) is 6.56. The molecule has 0 saturated heterocycles. The zero-order valence-electron chi connectivity index (χ0n) is 8.09. The Balaban J connectivity index is -0.000000845.